The van der Waals surface area contributed by atoms with Gasteiger partial charge in [0.15, 0.2) is 0 Å². The van der Waals surface area contributed by atoms with Crippen molar-refractivity contribution in [2.24, 2.45) is 0 Å². The van der Waals surface area contributed by atoms with Crippen LogP contribution >= 0.6 is 0 Å². The van der Waals surface area contributed by atoms with Gasteiger partial charge >= 0.3 is 0 Å². The highest BCUT2D eigenvalue weighted by molar-refractivity contribution is 6.05. The molecule has 0 bridgehead atoms. The molecule has 1 N–H and O–H groups in total. The lowest BCUT2D eigenvalue weighted by Gasteiger charge is -2.33. The maximum atomic E-state index is 13.2. The Hall–Kier alpha value is -3.64. The minimum absolute atomic E-state index is 0.0599. The summed E-state index contributed by atoms with van der Waals surface area (Å²) in [6, 6.07) is 20.7. The number of nitrogens with zero attached hydrogens (tertiary/aromatic N) is 2. The molecule has 1 aliphatic heterocycles. The zero-order chi connectivity index (χ0) is 24.1. The molecule has 1 heterocycles. The summed E-state index contributed by atoms with van der Waals surface area (Å²) in [5.41, 5.74) is 4.90. The van der Waals surface area contributed by atoms with Crippen LogP contribution in [0.25, 0.3) is 0 Å². The Kier molecular flexibility index (Phi) is 7.28. The molecule has 176 valence electrons. The second-order valence-electron chi connectivity index (χ2n) is 8.84. The molecule has 3 aromatic rings. The van der Waals surface area contributed by atoms with Gasteiger partial charge in [-0.15, -0.1) is 0 Å². The Morgan fingerprint density at radius 3 is 2.29 bits per heavy atom. The number of ether oxygens (including phenoxy) is 1. The summed E-state index contributed by atoms with van der Waals surface area (Å²) in [5.74, 6) is 0.593. The molecule has 6 nitrogen and oxygen atoms in total. The minimum Gasteiger partial charge on any atom is -0.489 e. The van der Waals surface area contributed by atoms with Gasteiger partial charge in [-0.25, -0.2) is 0 Å². The van der Waals surface area contributed by atoms with E-state index < -0.39 is 0 Å². The van der Waals surface area contributed by atoms with E-state index in [0.717, 1.165) is 42.9 Å². The first-order valence-corrected chi connectivity index (χ1v) is 11.6. The van der Waals surface area contributed by atoms with E-state index in [1.807, 2.05) is 85.5 Å². The van der Waals surface area contributed by atoms with Crippen LogP contribution in [0.5, 0.6) is 5.75 Å². The molecule has 1 aliphatic rings. The first kappa shape index (κ1) is 23.5. The summed E-state index contributed by atoms with van der Waals surface area (Å²) in [7, 11) is 2.08. The lowest BCUT2D eigenvalue weighted by atomic mass is 10.0. The predicted molar refractivity (Wildman–Crippen MR) is 134 cm³/mol. The van der Waals surface area contributed by atoms with Crippen molar-refractivity contribution >= 4 is 17.5 Å². The van der Waals surface area contributed by atoms with Crippen molar-refractivity contribution in [3.63, 3.8) is 0 Å². The van der Waals surface area contributed by atoms with Crippen LogP contribution in [0.2, 0.25) is 0 Å². The molecule has 3 aromatic carbocycles. The standard InChI is InChI=1S/C28H31N3O3/c1-20-8-9-22(26(18-20)28(33)31-16-14-30(3)15-17-31)19-34-24-12-10-23(11-13-24)29-27(32)25-7-5-4-6-21(25)2/h4-13,18H,14-17,19H2,1-3H3,(H,29,32). The first-order chi connectivity index (χ1) is 16.4. The third-order valence-corrected chi connectivity index (χ3v) is 6.18. The van der Waals surface area contributed by atoms with Gasteiger partial charge in [-0.1, -0.05) is 35.9 Å². The number of likely N-dealkylation sites (N-methyl/N-ethyl adjacent to an activating group) is 1. The molecule has 4 rings (SSSR count). The topological polar surface area (TPSA) is 61.9 Å². The van der Waals surface area contributed by atoms with Gasteiger partial charge in [0.1, 0.15) is 12.4 Å². The smallest absolute Gasteiger partial charge is 0.255 e. The largest absolute Gasteiger partial charge is 0.489 e. The highest BCUT2D eigenvalue weighted by Crippen LogP contribution is 2.21. The molecule has 0 aromatic heterocycles. The molecule has 0 radical (unpaired) electrons. The number of benzene rings is 3. The van der Waals surface area contributed by atoms with E-state index >= 15 is 0 Å². The van der Waals surface area contributed by atoms with Gasteiger partial charge in [0.2, 0.25) is 0 Å². The summed E-state index contributed by atoms with van der Waals surface area (Å²) < 4.78 is 6.00. The van der Waals surface area contributed by atoms with Crippen molar-refractivity contribution in [1.82, 2.24) is 9.80 Å². The Morgan fingerprint density at radius 2 is 1.59 bits per heavy atom. The van der Waals surface area contributed by atoms with Crippen molar-refractivity contribution in [2.45, 2.75) is 20.5 Å². The maximum Gasteiger partial charge on any atom is 0.255 e. The number of hydrogen-bond donors (Lipinski definition) is 1. The van der Waals surface area contributed by atoms with E-state index in [4.69, 9.17) is 4.74 Å². The number of hydrogen-bond acceptors (Lipinski definition) is 4. The quantitative estimate of drug-likeness (QED) is 0.591. The van der Waals surface area contributed by atoms with Gasteiger partial charge < -0.3 is 19.9 Å². The summed E-state index contributed by atoms with van der Waals surface area (Å²) in [4.78, 5) is 29.9. The van der Waals surface area contributed by atoms with Crippen LogP contribution in [-0.2, 0) is 6.61 Å². The van der Waals surface area contributed by atoms with E-state index in [0.29, 0.717) is 29.2 Å². The van der Waals surface area contributed by atoms with Crippen LogP contribution in [0.4, 0.5) is 5.69 Å². The van der Waals surface area contributed by atoms with Gasteiger partial charge in [0.05, 0.1) is 0 Å². The van der Waals surface area contributed by atoms with Gasteiger partial charge in [-0.2, -0.15) is 0 Å². The van der Waals surface area contributed by atoms with Crippen molar-refractivity contribution in [2.75, 3.05) is 38.5 Å². The van der Waals surface area contributed by atoms with Crippen LogP contribution < -0.4 is 10.1 Å². The minimum atomic E-state index is -0.140. The zero-order valence-electron chi connectivity index (χ0n) is 20.0. The molecule has 34 heavy (non-hydrogen) atoms. The Bertz CT molecular complexity index is 1170. The average Bonchev–Trinajstić information content (AvgIpc) is 2.84. The Balaban J connectivity index is 1.40. The van der Waals surface area contributed by atoms with Crippen LogP contribution in [0, 0.1) is 13.8 Å². The predicted octanol–water partition coefficient (Wildman–Crippen LogP) is 4.52. The van der Waals surface area contributed by atoms with E-state index in [2.05, 4.69) is 17.3 Å². The molecule has 0 saturated carbocycles. The van der Waals surface area contributed by atoms with Crippen molar-refractivity contribution in [3.05, 3.63) is 94.5 Å². The number of rotatable bonds is 6. The van der Waals surface area contributed by atoms with E-state index in [1.165, 1.54) is 0 Å². The lowest BCUT2D eigenvalue weighted by Crippen LogP contribution is -2.47. The fraction of sp³-hybridized carbons (Fsp3) is 0.286. The number of anilines is 1. The maximum absolute atomic E-state index is 13.2. The highest BCUT2D eigenvalue weighted by atomic mass is 16.5. The molecule has 0 aliphatic carbocycles. The number of carbonyl (C=O) groups is 2. The first-order valence-electron chi connectivity index (χ1n) is 11.6. The van der Waals surface area contributed by atoms with Crippen LogP contribution in [0.3, 0.4) is 0 Å². The van der Waals surface area contributed by atoms with Gasteiger partial charge in [0.25, 0.3) is 11.8 Å². The second kappa shape index (κ2) is 10.5. The third-order valence-electron chi connectivity index (χ3n) is 6.18. The van der Waals surface area contributed by atoms with E-state index in [-0.39, 0.29) is 11.8 Å². The van der Waals surface area contributed by atoms with Gasteiger partial charge in [-0.3, -0.25) is 9.59 Å². The normalized spacial score (nSPS) is 14.0. The molecule has 0 spiro atoms. The Labute approximate surface area is 201 Å². The van der Waals surface area contributed by atoms with Crippen molar-refractivity contribution < 1.29 is 14.3 Å². The van der Waals surface area contributed by atoms with Crippen molar-refractivity contribution in [1.29, 1.82) is 0 Å². The molecule has 6 heteroatoms. The molecule has 0 unspecified atom stereocenters. The molecular formula is C28H31N3O3. The van der Waals surface area contributed by atoms with Crippen molar-refractivity contribution in [3.8, 4) is 5.75 Å². The lowest BCUT2D eigenvalue weighted by molar-refractivity contribution is 0.0661. The fourth-order valence-corrected chi connectivity index (χ4v) is 4.02. The van der Waals surface area contributed by atoms with Gasteiger partial charge in [0, 0.05) is 48.6 Å². The Morgan fingerprint density at radius 1 is 0.882 bits per heavy atom. The summed E-state index contributed by atoms with van der Waals surface area (Å²) in [5, 5.41) is 2.92. The van der Waals surface area contributed by atoms with E-state index in [9.17, 15) is 9.59 Å². The van der Waals surface area contributed by atoms with Crippen LogP contribution in [0.1, 0.15) is 37.4 Å². The number of piperazine rings is 1. The molecule has 0 atom stereocenters. The molecule has 1 saturated heterocycles. The fourth-order valence-electron chi connectivity index (χ4n) is 4.02. The summed E-state index contributed by atoms with van der Waals surface area (Å²) >= 11 is 0. The van der Waals surface area contributed by atoms with E-state index in [1.54, 1.807) is 0 Å². The number of aryl methyl sites for hydroxylation is 2. The number of amides is 2. The average molecular weight is 458 g/mol. The van der Waals surface area contributed by atoms with Crippen LogP contribution in [0.15, 0.2) is 66.7 Å². The summed E-state index contributed by atoms with van der Waals surface area (Å²) in [6.45, 7) is 7.45. The van der Waals surface area contributed by atoms with Crippen LogP contribution in [-0.4, -0.2) is 54.8 Å². The zero-order valence-corrected chi connectivity index (χ0v) is 20.0. The second-order valence-corrected chi connectivity index (χ2v) is 8.84. The monoisotopic (exact) mass is 457 g/mol. The molecular weight excluding hydrogens is 426 g/mol. The molecule has 2 amide bonds. The SMILES string of the molecule is Cc1ccc(COc2ccc(NC(=O)c3ccccc3C)cc2)c(C(=O)N2CCN(C)CC2)c1. The highest BCUT2D eigenvalue weighted by Gasteiger charge is 2.22. The van der Waals surface area contributed by atoms with Gasteiger partial charge in [-0.05, 0) is 62.9 Å². The summed E-state index contributed by atoms with van der Waals surface area (Å²) in [6.07, 6.45) is 0. The number of nitrogens with one attached hydrogen (secondary N) is 1. The third kappa shape index (κ3) is 5.64. The number of carbonyl (C=O) groups excluding carboxylic acids is 2. The molecule has 1 fully saturated rings.